The second-order valence-electron chi connectivity index (χ2n) is 5.81. The van der Waals surface area contributed by atoms with Crippen LogP contribution < -0.4 is 10.2 Å². The summed E-state index contributed by atoms with van der Waals surface area (Å²) in [7, 11) is 0. The molecule has 1 N–H and O–H groups in total. The predicted molar refractivity (Wildman–Crippen MR) is 89.8 cm³/mol. The average Bonchev–Trinajstić information content (AvgIpc) is 3.26. The molecular formula is C17H17N5O2. The van der Waals surface area contributed by atoms with Gasteiger partial charge in [0.25, 0.3) is 0 Å². The lowest BCUT2D eigenvalue weighted by Gasteiger charge is -2.16. The molecule has 0 aliphatic carbocycles. The third kappa shape index (κ3) is 2.92. The van der Waals surface area contributed by atoms with Gasteiger partial charge < -0.3 is 14.7 Å². The van der Waals surface area contributed by atoms with Gasteiger partial charge in [0.15, 0.2) is 5.58 Å². The summed E-state index contributed by atoms with van der Waals surface area (Å²) in [5.74, 6) is 1.18. The molecule has 0 saturated carbocycles. The van der Waals surface area contributed by atoms with Gasteiger partial charge in [-0.2, -0.15) is 0 Å². The van der Waals surface area contributed by atoms with Crippen molar-refractivity contribution in [1.82, 2.24) is 15.1 Å². The van der Waals surface area contributed by atoms with Gasteiger partial charge in [0.1, 0.15) is 23.7 Å². The Morgan fingerprint density at radius 2 is 2.04 bits per heavy atom. The monoisotopic (exact) mass is 323 g/mol. The van der Waals surface area contributed by atoms with Crippen LogP contribution in [0.15, 0.2) is 41.2 Å². The number of nitrogens with zero attached hydrogens (tertiary/aromatic N) is 4. The van der Waals surface area contributed by atoms with E-state index in [-0.39, 0.29) is 12.3 Å². The van der Waals surface area contributed by atoms with Crippen molar-refractivity contribution in [2.45, 2.75) is 19.3 Å². The Kier molecular flexibility index (Phi) is 3.82. The number of carbonyl (C=O) groups excluding carboxylic acids is 1. The van der Waals surface area contributed by atoms with Crippen molar-refractivity contribution in [3.05, 3.63) is 42.4 Å². The molecule has 3 heterocycles. The molecule has 1 aliphatic rings. The number of hydrogen-bond donors (Lipinski definition) is 1. The number of aromatic nitrogens is 3. The zero-order chi connectivity index (χ0) is 16.4. The highest BCUT2D eigenvalue weighted by molar-refractivity contribution is 5.94. The zero-order valence-corrected chi connectivity index (χ0v) is 13.1. The van der Waals surface area contributed by atoms with E-state index in [2.05, 4.69) is 25.3 Å². The second-order valence-corrected chi connectivity index (χ2v) is 5.81. The molecule has 0 radical (unpaired) electrons. The highest BCUT2D eigenvalue weighted by Gasteiger charge is 2.16. The van der Waals surface area contributed by atoms with E-state index in [0.717, 1.165) is 24.3 Å². The molecule has 24 heavy (non-hydrogen) atoms. The lowest BCUT2D eigenvalue weighted by Crippen LogP contribution is -2.20. The summed E-state index contributed by atoms with van der Waals surface area (Å²) < 4.78 is 5.22. The highest BCUT2D eigenvalue weighted by atomic mass is 16.5. The van der Waals surface area contributed by atoms with Gasteiger partial charge in [0.05, 0.1) is 6.42 Å². The number of anilines is 2. The van der Waals surface area contributed by atoms with Crippen LogP contribution in [-0.2, 0) is 11.2 Å². The minimum absolute atomic E-state index is 0.139. The maximum absolute atomic E-state index is 12.3. The quantitative estimate of drug-likeness (QED) is 0.793. The van der Waals surface area contributed by atoms with E-state index in [0.29, 0.717) is 17.1 Å². The predicted octanol–water partition coefficient (Wildman–Crippen LogP) is 2.40. The van der Waals surface area contributed by atoms with Gasteiger partial charge in [-0.25, -0.2) is 9.97 Å². The molecule has 1 saturated heterocycles. The summed E-state index contributed by atoms with van der Waals surface area (Å²) in [5.41, 5.74) is 1.30. The maximum atomic E-state index is 12.3. The number of carbonyl (C=O) groups is 1. The Hall–Kier alpha value is -2.96. The van der Waals surface area contributed by atoms with Gasteiger partial charge in [0.2, 0.25) is 5.91 Å². The van der Waals surface area contributed by atoms with Crippen molar-refractivity contribution in [2.75, 3.05) is 23.3 Å². The first-order chi connectivity index (χ1) is 11.8. The van der Waals surface area contributed by atoms with Crippen LogP contribution in [0, 0.1) is 0 Å². The fourth-order valence-electron chi connectivity index (χ4n) is 2.94. The van der Waals surface area contributed by atoms with Crippen LogP contribution in [0.2, 0.25) is 0 Å². The fraction of sp³-hybridized carbons (Fsp3) is 0.294. The lowest BCUT2D eigenvalue weighted by atomic mass is 10.1. The molecule has 0 spiro atoms. The zero-order valence-electron chi connectivity index (χ0n) is 13.1. The van der Waals surface area contributed by atoms with E-state index in [1.165, 1.54) is 19.2 Å². The topological polar surface area (TPSA) is 84.2 Å². The fourth-order valence-corrected chi connectivity index (χ4v) is 2.94. The molecule has 1 aromatic carbocycles. The van der Waals surface area contributed by atoms with E-state index in [1.54, 1.807) is 0 Å². The highest BCUT2D eigenvalue weighted by Crippen LogP contribution is 2.20. The van der Waals surface area contributed by atoms with Gasteiger partial charge in [-0.15, -0.1) is 0 Å². The van der Waals surface area contributed by atoms with E-state index >= 15 is 0 Å². The van der Waals surface area contributed by atoms with Crippen LogP contribution >= 0.6 is 0 Å². The third-order valence-corrected chi connectivity index (χ3v) is 4.13. The Morgan fingerprint density at radius 3 is 2.92 bits per heavy atom. The van der Waals surface area contributed by atoms with Crippen LogP contribution in [0.4, 0.5) is 11.6 Å². The van der Waals surface area contributed by atoms with Gasteiger partial charge in [0, 0.05) is 24.5 Å². The molecule has 0 atom stereocenters. The molecule has 0 unspecified atom stereocenters. The van der Waals surface area contributed by atoms with Crippen molar-refractivity contribution in [3.8, 4) is 0 Å². The second kappa shape index (κ2) is 6.27. The number of fused-ring (bicyclic) bond motifs is 1. The summed E-state index contributed by atoms with van der Waals surface area (Å²) in [6.45, 7) is 1.99. The smallest absolute Gasteiger partial charge is 0.231 e. The number of nitrogens with one attached hydrogen (secondary N) is 1. The lowest BCUT2D eigenvalue weighted by molar-refractivity contribution is -0.115. The minimum atomic E-state index is -0.180. The molecule has 1 amide bonds. The molecule has 7 heteroatoms. The standard InChI is InChI=1S/C17H17N5O2/c23-17(9-13-12-5-1-2-6-14(12)24-21-13)20-15-10-16(19-11-18-15)22-7-3-4-8-22/h1-2,5-6,10-11H,3-4,7-9H2,(H,18,19,20,23). The van der Waals surface area contributed by atoms with Crippen molar-refractivity contribution in [1.29, 1.82) is 0 Å². The maximum Gasteiger partial charge on any atom is 0.231 e. The summed E-state index contributed by atoms with van der Waals surface area (Å²) >= 11 is 0. The molecule has 122 valence electrons. The van der Waals surface area contributed by atoms with E-state index in [4.69, 9.17) is 4.52 Å². The van der Waals surface area contributed by atoms with Crippen LogP contribution in [-0.4, -0.2) is 34.1 Å². The number of hydrogen-bond acceptors (Lipinski definition) is 6. The molecule has 1 fully saturated rings. The Labute approximate surface area is 138 Å². The Balaban J connectivity index is 1.47. The largest absolute Gasteiger partial charge is 0.356 e. The molecule has 0 bridgehead atoms. The summed E-state index contributed by atoms with van der Waals surface area (Å²) in [4.78, 5) is 22.9. The van der Waals surface area contributed by atoms with Gasteiger partial charge in [-0.3, -0.25) is 4.79 Å². The first-order valence-electron chi connectivity index (χ1n) is 8.00. The first kappa shape index (κ1) is 14.6. The van der Waals surface area contributed by atoms with Gasteiger partial charge in [-0.1, -0.05) is 17.3 Å². The molecular weight excluding hydrogens is 306 g/mol. The third-order valence-electron chi connectivity index (χ3n) is 4.13. The summed E-state index contributed by atoms with van der Waals surface area (Å²) in [5, 5.41) is 7.65. The van der Waals surface area contributed by atoms with Crippen LogP contribution in [0.25, 0.3) is 11.0 Å². The Morgan fingerprint density at radius 1 is 1.21 bits per heavy atom. The molecule has 3 aromatic rings. The van der Waals surface area contributed by atoms with Crippen molar-refractivity contribution in [3.63, 3.8) is 0 Å². The number of para-hydroxylation sites is 1. The number of benzene rings is 1. The SMILES string of the molecule is O=C(Cc1noc2ccccc12)Nc1cc(N2CCCC2)ncn1. The summed E-state index contributed by atoms with van der Waals surface area (Å²) in [6, 6.07) is 9.30. The Bertz CT molecular complexity index is 870. The molecule has 2 aromatic heterocycles. The van der Waals surface area contributed by atoms with E-state index in [1.807, 2.05) is 30.3 Å². The average molecular weight is 323 g/mol. The van der Waals surface area contributed by atoms with Crippen LogP contribution in [0.1, 0.15) is 18.5 Å². The molecule has 1 aliphatic heterocycles. The number of rotatable bonds is 4. The van der Waals surface area contributed by atoms with Crippen molar-refractivity contribution >= 4 is 28.5 Å². The number of amides is 1. The minimum Gasteiger partial charge on any atom is -0.356 e. The van der Waals surface area contributed by atoms with Gasteiger partial charge >= 0.3 is 0 Å². The molecule has 7 nitrogen and oxygen atoms in total. The van der Waals surface area contributed by atoms with E-state index in [9.17, 15) is 4.79 Å². The van der Waals surface area contributed by atoms with Gasteiger partial charge in [-0.05, 0) is 25.0 Å². The first-order valence-corrected chi connectivity index (χ1v) is 8.00. The van der Waals surface area contributed by atoms with E-state index < -0.39 is 0 Å². The van der Waals surface area contributed by atoms with Crippen molar-refractivity contribution < 1.29 is 9.32 Å². The van der Waals surface area contributed by atoms with Crippen molar-refractivity contribution in [2.24, 2.45) is 0 Å². The summed E-state index contributed by atoms with van der Waals surface area (Å²) in [6.07, 6.45) is 3.96. The van der Waals surface area contributed by atoms with Crippen LogP contribution in [0.3, 0.4) is 0 Å². The van der Waals surface area contributed by atoms with Crippen LogP contribution in [0.5, 0.6) is 0 Å². The molecule has 4 rings (SSSR count). The normalized spacial score (nSPS) is 14.2.